The minimum Gasteiger partial charge on any atom is -0.495 e. The average molecular weight is 671 g/mol. The van der Waals surface area contributed by atoms with Crippen LogP contribution in [-0.2, 0) is 0 Å². The molecule has 3 aromatic carbocycles. The van der Waals surface area contributed by atoms with Gasteiger partial charge in [0.1, 0.15) is 46.4 Å². The first-order valence-corrected chi connectivity index (χ1v) is 15.8. The number of halogens is 2. The molecule has 2 saturated heterocycles. The molecule has 256 valence electrons. The summed E-state index contributed by atoms with van der Waals surface area (Å²) in [6.07, 6.45) is 0. The Kier molecular flexibility index (Phi) is 11.8. The summed E-state index contributed by atoms with van der Waals surface area (Å²) in [6.45, 7) is 10.6. The number of hydrogen-bond acceptors (Lipinski definition) is 9. The second-order valence-electron chi connectivity index (χ2n) is 12.2. The molecule has 11 nitrogen and oxygen atoms in total. The zero-order valence-electron chi connectivity index (χ0n) is 28.4. The van der Waals surface area contributed by atoms with E-state index in [1.54, 1.807) is 41.3 Å². The number of nitrogens with zero attached hydrogens (tertiary/aromatic N) is 6. The van der Waals surface area contributed by atoms with Crippen molar-refractivity contribution in [2.75, 3.05) is 55.5 Å². The van der Waals surface area contributed by atoms with Gasteiger partial charge >= 0.3 is 6.03 Å². The van der Waals surface area contributed by atoms with Gasteiger partial charge in [-0.05, 0) is 64.1 Å². The minimum absolute atomic E-state index is 0.0397. The van der Waals surface area contributed by atoms with Gasteiger partial charge in [0.15, 0.2) is 0 Å². The van der Waals surface area contributed by atoms with Gasteiger partial charge in [-0.1, -0.05) is 0 Å². The maximum Gasteiger partial charge on any atom is 0.322 e. The highest BCUT2D eigenvalue weighted by Gasteiger charge is 2.33. The summed E-state index contributed by atoms with van der Waals surface area (Å²) in [7, 11) is 2.85. The number of nitriles is 3. The highest BCUT2D eigenvalue weighted by Crippen LogP contribution is 2.32. The first-order valence-electron chi connectivity index (χ1n) is 15.8. The lowest BCUT2D eigenvalue weighted by Gasteiger charge is -2.45. The van der Waals surface area contributed by atoms with E-state index in [-0.39, 0.29) is 46.8 Å². The van der Waals surface area contributed by atoms with Crippen LogP contribution in [0.25, 0.3) is 0 Å². The van der Waals surface area contributed by atoms with Crippen LogP contribution in [-0.4, -0.2) is 75.5 Å². The maximum atomic E-state index is 14.4. The molecule has 2 fully saturated rings. The predicted molar refractivity (Wildman–Crippen MR) is 183 cm³/mol. The van der Waals surface area contributed by atoms with Crippen LogP contribution < -0.4 is 29.9 Å². The van der Waals surface area contributed by atoms with E-state index in [0.29, 0.717) is 36.1 Å². The second-order valence-corrected chi connectivity index (χ2v) is 12.2. The van der Waals surface area contributed by atoms with Gasteiger partial charge in [-0.3, -0.25) is 0 Å². The Hall–Kier alpha value is -5.58. The van der Waals surface area contributed by atoms with Gasteiger partial charge in [-0.25, -0.2) is 13.6 Å². The molecule has 0 spiro atoms. The highest BCUT2D eigenvalue weighted by atomic mass is 19.1. The first-order chi connectivity index (χ1) is 23.4. The number of benzene rings is 3. The fourth-order valence-electron chi connectivity index (χ4n) is 5.98. The van der Waals surface area contributed by atoms with Crippen LogP contribution in [0, 0.1) is 45.6 Å². The molecule has 0 radical (unpaired) electrons. The van der Waals surface area contributed by atoms with Crippen molar-refractivity contribution in [2.45, 2.75) is 51.9 Å². The molecule has 2 heterocycles. The number of hydrogen-bond donors (Lipinski definition) is 2. The summed E-state index contributed by atoms with van der Waals surface area (Å²) in [5, 5.41) is 33.2. The molecule has 2 aliphatic rings. The maximum absolute atomic E-state index is 14.4. The third-order valence-corrected chi connectivity index (χ3v) is 8.68. The number of anilines is 3. The van der Waals surface area contributed by atoms with Crippen molar-refractivity contribution < 1.29 is 23.0 Å². The molecule has 2 amide bonds. The van der Waals surface area contributed by atoms with Gasteiger partial charge in [0.05, 0.1) is 25.9 Å². The molecule has 5 rings (SSSR count). The van der Waals surface area contributed by atoms with Crippen LogP contribution in [0.1, 0.15) is 44.4 Å². The lowest BCUT2D eigenvalue weighted by atomic mass is 10.1. The van der Waals surface area contributed by atoms with Gasteiger partial charge < -0.3 is 34.8 Å². The number of amides is 2. The molecule has 0 saturated carbocycles. The molecule has 0 bridgehead atoms. The third-order valence-electron chi connectivity index (χ3n) is 8.68. The van der Waals surface area contributed by atoms with E-state index in [1.807, 2.05) is 37.0 Å². The first kappa shape index (κ1) is 36.3. The predicted octanol–water partition coefficient (Wildman–Crippen LogP) is 5.60. The highest BCUT2D eigenvalue weighted by molar-refractivity contribution is 5.90. The number of carbonyl (C=O) groups excluding carboxylic acids is 1. The Balaban J connectivity index is 0.000000244. The van der Waals surface area contributed by atoms with Crippen molar-refractivity contribution in [2.24, 2.45) is 0 Å². The SMILES string of the molecule is COc1cc(N2C[C@@H](C)N(C(=O)Nc3ccc(C#N)cc3)C[C@@H]2C)cc(F)c1C#N.COc1cc(N2C[C@@H](C)NC[C@@H]2C)cc(F)c1C#N. The van der Waals surface area contributed by atoms with E-state index in [9.17, 15) is 13.6 Å². The molecule has 0 aromatic heterocycles. The molecule has 3 aromatic rings. The molecule has 13 heteroatoms. The topological polar surface area (TPSA) is 141 Å². The number of ether oxygens (including phenoxy) is 2. The van der Waals surface area contributed by atoms with Gasteiger partial charge in [-0.15, -0.1) is 0 Å². The number of rotatable bonds is 5. The largest absolute Gasteiger partial charge is 0.495 e. The summed E-state index contributed by atoms with van der Waals surface area (Å²) in [4.78, 5) is 18.6. The van der Waals surface area contributed by atoms with Crippen molar-refractivity contribution >= 4 is 23.1 Å². The Morgan fingerprint density at radius 3 is 1.80 bits per heavy atom. The van der Waals surface area contributed by atoms with E-state index in [2.05, 4.69) is 29.4 Å². The van der Waals surface area contributed by atoms with Gasteiger partial charge in [-0.2, -0.15) is 15.8 Å². The zero-order chi connectivity index (χ0) is 35.8. The Bertz CT molecular complexity index is 1780. The van der Waals surface area contributed by atoms with Crippen molar-refractivity contribution in [1.82, 2.24) is 10.2 Å². The quantitative estimate of drug-likeness (QED) is 0.355. The molecule has 49 heavy (non-hydrogen) atoms. The van der Waals surface area contributed by atoms with E-state index in [4.69, 9.17) is 25.3 Å². The normalized spacial score (nSPS) is 20.1. The van der Waals surface area contributed by atoms with Crippen LogP contribution in [0.5, 0.6) is 11.5 Å². The van der Waals surface area contributed by atoms with E-state index in [1.165, 1.54) is 26.4 Å². The molecule has 0 aliphatic carbocycles. The third kappa shape index (κ3) is 8.29. The monoisotopic (exact) mass is 670 g/mol. The van der Waals surface area contributed by atoms with Gasteiger partial charge in [0.25, 0.3) is 0 Å². The number of urea groups is 1. The van der Waals surface area contributed by atoms with Crippen LogP contribution >= 0.6 is 0 Å². The molecule has 4 atom stereocenters. The Morgan fingerprint density at radius 2 is 1.31 bits per heavy atom. The fourth-order valence-corrected chi connectivity index (χ4v) is 5.98. The number of carbonyl (C=O) groups is 1. The van der Waals surface area contributed by atoms with Crippen LogP contribution in [0.3, 0.4) is 0 Å². The molecule has 0 unspecified atom stereocenters. The lowest BCUT2D eigenvalue weighted by molar-refractivity contribution is 0.173. The standard InChI is InChI=1S/C22H22FN5O2.C14H18FN3O/c1-14-13-28(22(29)26-17-6-4-16(10-24)5-7-17)15(2)12-27(14)18-8-20(23)19(11-25)21(9-18)30-3;1-9-8-18(10(2)7-17-9)11-4-13(15)12(6-16)14(5-11)19-3/h4-9,14-15H,12-13H2,1-3H3,(H,26,29);4-5,9-10,17H,7-8H2,1-3H3/t14-,15+;9-,10+/m01/s1. The van der Waals surface area contributed by atoms with E-state index < -0.39 is 11.6 Å². The Morgan fingerprint density at radius 1 is 0.776 bits per heavy atom. The van der Waals surface area contributed by atoms with Gasteiger partial charge in [0, 0.05) is 79.5 Å². The second kappa shape index (κ2) is 16.0. The molecule has 2 N–H and O–H groups in total. The minimum atomic E-state index is -0.632. The summed E-state index contributed by atoms with van der Waals surface area (Å²) in [6, 6.07) is 18.7. The van der Waals surface area contributed by atoms with Crippen molar-refractivity contribution in [3.05, 3.63) is 76.9 Å². The van der Waals surface area contributed by atoms with Crippen molar-refractivity contribution in [3.63, 3.8) is 0 Å². The summed E-state index contributed by atoms with van der Waals surface area (Å²) in [5.41, 5.74) is 2.34. The van der Waals surface area contributed by atoms with Crippen molar-refractivity contribution in [3.8, 4) is 29.7 Å². The number of methoxy groups -OCH3 is 2. The molecular weight excluding hydrogens is 630 g/mol. The number of nitrogens with one attached hydrogen (secondary N) is 2. The average Bonchev–Trinajstić information content (AvgIpc) is 3.09. The van der Waals surface area contributed by atoms with Crippen LogP contribution in [0.15, 0.2) is 48.5 Å². The molecule has 2 aliphatic heterocycles. The van der Waals surface area contributed by atoms with E-state index >= 15 is 0 Å². The zero-order valence-corrected chi connectivity index (χ0v) is 28.4. The summed E-state index contributed by atoms with van der Waals surface area (Å²) in [5.74, 6) is -0.688. The summed E-state index contributed by atoms with van der Waals surface area (Å²) >= 11 is 0. The smallest absolute Gasteiger partial charge is 0.322 e. The molecular formula is C36H40F2N8O3. The van der Waals surface area contributed by atoms with Gasteiger partial charge in [0.2, 0.25) is 0 Å². The fraction of sp³-hybridized carbons (Fsp3) is 0.389. The number of piperazine rings is 2. The Labute approximate surface area is 285 Å². The van der Waals surface area contributed by atoms with E-state index in [0.717, 1.165) is 18.8 Å². The van der Waals surface area contributed by atoms with Crippen molar-refractivity contribution in [1.29, 1.82) is 15.8 Å². The van der Waals surface area contributed by atoms with Crippen LogP contribution in [0.4, 0.5) is 30.6 Å². The van der Waals surface area contributed by atoms with Crippen LogP contribution in [0.2, 0.25) is 0 Å². The lowest BCUT2D eigenvalue weighted by Crippen LogP contribution is -2.59. The summed E-state index contributed by atoms with van der Waals surface area (Å²) < 4.78 is 38.6.